The lowest BCUT2D eigenvalue weighted by atomic mass is 9.82. The van der Waals surface area contributed by atoms with Gasteiger partial charge in [-0.15, -0.1) is 11.3 Å². The quantitative estimate of drug-likeness (QED) is 0.172. The first-order chi connectivity index (χ1) is 32.5. The number of thiophene rings is 1. The molecule has 1 aliphatic rings. The molecule has 1 aliphatic carbocycles. The third-order valence-electron chi connectivity index (χ3n) is 13.8. The van der Waals surface area contributed by atoms with Crippen molar-refractivity contribution in [3.63, 3.8) is 0 Å². The number of benzene rings is 9. The predicted molar refractivity (Wildman–Crippen MR) is 272 cm³/mol. The molecule has 0 aliphatic heterocycles. The molecule has 66 heavy (non-hydrogen) atoms. The zero-order chi connectivity index (χ0) is 43.7. The highest BCUT2D eigenvalue weighted by Gasteiger charge is 2.36. The van der Waals surface area contributed by atoms with Crippen LogP contribution in [0.3, 0.4) is 0 Å². The van der Waals surface area contributed by atoms with Crippen molar-refractivity contribution in [1.82, 2.24) is 15.0 Å². The van der Waals surface area contributed by atoms with Crippen LogP contribution in [0.4, 0.5) is 0 Å². The number of rotatable bonds is 5. The Bertz CT molecular complexity index is 4150. The Kier molecular flexibility index (Phi) is 7.84. The van der Waals surface area contributed by atoms with E-state index in [9.17, 15) is 0 Å². The topological polar surface area (TPSA) is 65.0 Å². The number of fused-ring (bicyclic) bond motifs is 12. The van der Waals surface area contributed by atoms with Crippen molar-refractivity contribution in [3.05, 3.63) is 199 Å². The molecule has 0 saturated carbocycles. The second-order valence-electron chi connectivity index (χ2n) is 17.8. The van der Waals surface area contributed by atoms with Gasteiger partial charge in [-0.1, -0.05) is 159 Å². The van der Waals surface area contributed by atoms with Crippen molar-refractivity contribution in [2.24, 2.45) is 0 Å². The van der Waals surface area contributed by atoms with Crippen LogP contribution in [0.5, 0.6) is 0 Å². The molecule has 0 spiro atoms. The van der Waals surface area contributed by atoms with Crippen molar-refractivity contribution in [2.75, 3.05) is 0 Å². The zero-order valence-electron chi connectivity index (χ0n) is 36.0. The summed E-state index contributed by atoms with van der Waals surface area (Å²) in [5.41, 5.74) is 15.6. The van der Waals surface area contributed by atoms with Crippen molar-refractivity contribution in [2.45, 2.75) is 19.3 Å². The van der Waals surface area contributed by atoms with Gasteiger partial charge in [0.25, 0.3) is 0 Å². The molecule has 14 rings (SSSR count). The van der Waals surface area contributed by atoms with Crippen LogP contribution in [-0.2, 0) is 5.41 Å². The summed E-state index contributed by atoms with van der Waals surface area (Å²) in [6.45, 7) is 4.67. The number of furan rings is 2. The third kappa shape index (κ3) is 5.36. The monoisotopic (exact) mass is 863 g/mol. The maximum absolute atomic E-state index is 6.61. The van der Waals surface area contributed by atoms with E-state index in [-0.39, 0.29) is 5.41 Å². The molecule has 0 bridgehead atoms. The average Bonchev–Trinajstić information content (AvgIpc) is 4.12. The highest BCUT2D eigenvalue weighted by molar-refractivity contribution is 7.26. The van der Waals surface area contributed by atoms with E-state index in [4.69, 9.17) is 23.8 Å². The maximum atomic E-state index is 6.61. The second-order valence-corrected chi connectivity index (χ2v) is 18.9. The van der Waals surface area contributed by atoms with Crippen LogP contribution in [0, 0.1) is 0 Å². The Morgan fingerprint density at radius 2 is 0.879 bits per heavy atom. The molecule has 0 unspecified atom stereocenters. The molecular formula is C60H37N3O2S. The van der Waals surface area contributed by atoms with E-state index in [2.05, 4.69) is 159 Å². The van der Waals surface area contributed by atoms with E-state index < -0.39 is 0 Å². The molecule has 0 atom stereocenters. The van der Waals surface area contributed by atoms with Gasteiger partial charge in [0.05, 0.1) is 0 Å². The minimum atomic E-state index is -0.0828. The zero-order valence-corrected chi connectivity index (χ0v) is 36.8. The predicted octanol–water partition coefficient (Wildman–Crippen LogP) is 16.7. The molecule has 6 heteroatoms. The van der Waals surface area contributed by atoms with Crippen LogP contribution >= 0.6 is 11.3 Å². The SMILES string of the molecule is CC1(C)c2ccccc2-c2c(-c3ccc(-c4ccc5oc6ccccc6c5c4-c4nc(-c5cccc6c5sc5ccccc56)nc(-c5cccc6oc7ccccc7c56)n4)cc3)cccc21. The van der Waals surface area contributed by atoms with Gasteiger partial charge in [-0.3, -0.25) is 0 Å². The van der Waals surface area contributed by atoms with Gasteiger partial charge >= 0.3 is 0 Å². The normalized spacial score (nSPS) is 13.1. The van der Waals surface area contributed by atoms with Crippen LogP contribution in [0.2, 0.25) is 0 Å². The molecule has 4 aromatic heterocycles. The minimum absolute atomic E-state index is 0.0828. The fourth-order valence-electron chi connectivity index (χ4n) is 10.7. The summed E-state index contributed by atoms with van der Waals surface area (Å²) in [6, 6.07) is 66.5. The Balaban J connectivity index is 1.03. The second kappa shape index (κ2) is 13.9. The van der Waals surface area contributed by atoms with E-state index in [1.165, 1.54) is 48.9 Å². The van der Waals surface area contributed by atoms with Gasteiger partial charge in [0.1, 0.15) is 22.3 Å². The van der Waals surface area contributed by atoms with Crippen LogP contribution < -0.4 is 0 Å². The molecular weight excluding hydrogens is 827 g/mol. The molecule has 4 heterocycles. The Morgan fingerprint density at radius 3 is 1.67 bits per heavy atom. The van der Waals surface area contributed by atoms with Gasteiger partial charge in [-0.25, -0.2) is 15.0 Å². The lowest BCUT2D eigenvalue weighted by Crippen LogP contribution is -2.14. The van der Waals surface area contributed by atoms with Crippen molar-refractivity contribution in [3.8, 4) is 67.5 Å². The first-order valence-electron chi connectivity index (χ1n) is 22.3. The summed E-state index contributed by atoms with van der Waals surface area (Å²) in [5.74, 6) is 1.73. The van der Waals surface area contributed by atoms with Crippen molar-refractivity contribution in [1.29, 1.82) is 0 Å². The summed E-state index contributed by atoms with van der Waals surface area (Å²) in [5, 5.41) is 6.34. The lowest BCUT2D eigenvalue weighted by Gasteiger charge is -2.21. The number of para-hydroxylation sites is 2. The maximum Gasteiger partial charge on any atom is 0.165 e. The fraction of sp³-hybridized carbons (Fsp3) is 0.0500. The summed E-state index contributed by atoms with van der Waals surface area (Å²) in [6.07, 6.45) is 0. The smallest absolute Gasteiger partial charge is 0.165 e. The highest BCUT2D eigenvalue weighted by atomic mass is 32.1. The fourth-order valence-corrected chi connectivity index (χ4v) is 11.9. The molecule has 0 saturated heterocycles. The van der Waals surface area contributed by atoms with E-state index in [0.717, 1.165) is 76.4 Å². The molecule has 5 nitrogen and oxygen atoms in total. The van der Waals surface area contributed by atoms with Gasteiger partial charge in [0.2, 0.25) is 0 Å². The standard InChI is InChI=1S/C60H37N3O2S/c1-60(2)45-22-7-3-15-40(45)52-36(18-12-23-46(52)60)34-28-30-35(31-29-34)37-32-33-50-54(42-17-5-9-25-48(42)65-50)55(37)59-62-57(43-20-13-26-49-53(43)41-16-4-8-24-47(41)64-49)61-58(63-59)44-21-11-19-39-38-14-6-10-27-51(38)66-56(39)44/h3-33H,1-2H3. The number of aromatic nitrogens is 3. The van der Waals surface area contributed by atoms with Crippen LogP contribution in [-0.4, -0.2) is 15.0 Å². The van der Waals surface area contributed by atoms with Gasteiger partial charge < -0.3 is 8.83 Å². The number of hydrogen-bond acceptors (Lipinski definition) is 6. The Hall–Kier alpha value is -8.19. The lowest BCUT2D eigenvalue weighted by molar-refractivity contribution is 0.660. The molecule has 0 N–H and O–H groups in total. The van der Waals surface area contributed by atoms with Crippen molar-refractivity contribution < 1.29 is 8.83 Å². The van der Waals surface area contributed by atoms with Crippen molar-refractivity contribution >= 4 is 75.4 Å². The minimum Gasteiger partial charge on any atom is -0.456 e. The molecule has 0 amide bonds. The molecule has 0 fully saturated rings. The van der Waals surface area contributed by atoms with Gasteiger partial charge in [0.15, 0.2) is 17.5 Å². The molecule has 9 aromatic carbocycles. The van der Waals surface area contributed by atoms with Crippen LogP contribution in [0.15, 0.2) is 197 Å². The average molecular weight is 864 g/mol. The van der Waals surface area contributed by atoms with E-state index in [1.807, 2.05) is 42.5 Å². The van der Waals surface area contributed by atoms with Gasteiger partial charge in [-0.2, -0.15) is 0 Å². The first kappa shape index (κ1) is 37.2. The largest absolute Gasteiger partial charge is 0.456 e. The first-order valence-corrected chi connectivity index (χ1v) is 23.2. The summed E-state index contributed by atoms with van der Waals surface area (Å²) in [4.78, 5) is 16.5. The number of nitrogens with zero attached hydrogens (tertiary/aromatic N) is 3. The highest BCUT2D eigenvalue weighted by Crippen LogP contribution is 2.52. The Labute approximate surface area is 383 Å². The van der Waals surface area contributed by atoms with E-state index in [0.29, 0.717) is 17.5 Å². The summed E-state index contributed by atoms with van der Waals surface area (Å²) >= 11 is 1.77. The third-order valence-corrected chi connectivity index (χ3v) is 15.0. The number of hydrogen-bond donors (Lipinski definition) is 0. The molecule has 310 valence electrons. The van der Waals surface area contributed by atoms with Crippen LogP contribution in [0.25, 0.3) is 132 Å². The summed E-state index contributed by atoms with van der Waals surface area (Å²) < 4.78 is 15.4. The van der Waals surface area contributed by atoms with E-state index >= 15 is 0 Å². The van der Waals surface area contributed by atoms with E-state index in [1.54, 1.807) is 11.3 Å². The molecule has 0 radical (unpaired) electrons. The van der Waals surface area contributed by atoms with Gasteiger partial charge in [-0.05, 0) is 87.0 Å². The van der Waals surface area contributed by atoms with Gasteiger partial charge in [0, 0.05) is 63.8 Å². The van der Waals surface area contributed by atoms with Crippen LogP contribution in [0.1, 0.15) is 25.0 Å². The Morgan fingerprint density at radius 1 is 0.364 bits per heavy atom. The summed E-state index contributed by atoms with van der Waals surface area (Å²) in [7, 11) is 0. The molecule has 13 aromatic rings.